The standard InChI is InChI=1S/C10H15BrN4O/c1-15(3-2-10(12)14-16)7-8-4-9(11)6-13-5-8/h4-6,16H,2-3,7H2,1H3,(H2,12,14). The van der Waals surface area contributed by atoms with Crippen molar-refractivity contribution in [3.8, 4) is 0 Å². The van der Waals surface area contributed by atoms with Crippen LogP contribution in [-0.4, -0.2) is 34.5 Å². The fourth-order valence-corrected chi connectivity index (χ4v) is 1.70. The van der Waals surface area contributed by atoms with E-state index < -0.39 is 0 Å². The summed E-state index contributed by atoms with van der Waals surface area (Å²) in [5.41, 5.74) is 6.51. The SMILES string of the molecule is CN(CC/C(N)=N/O)Cc1cncc(Br)c1. The average molecular weight is 287 g/mol. The summed E-state index contributed by atoms with van der Waals surface area (Å²) in [5, 5.41) is 11.3. The van der Waals surface area contributed by atoms with Crippen LogP contribution >= 0.6 is 15.9 Å². The number of nitrogens with two attached hydrogens (primary N) is 1. The Morgan fingerprint density at radius 1 is 1.62 bits per heavy atom. The minimum Gasteiger partial charge on any atom is -0.409 e. The minimum absolute atomic E-state index is 0.249. The first kappa shape index (κ1) is 12.9. The monoisotopic (exact) mass is 286 g/mol. The van der Waals surface area contributed by atoms with E-state index in [-0.39, 0.29) is 5.84 Å². The number of amidine groups is 1. The van der Waals surface area contributed by atoms with Crippen LogP contribution < -0.4 is 5.73 Å². The van der Waals surface area contributed by atoms with Crippen LogP contribution in [0.2, 0.25) is 0 Å². The lowest BCUT2D eigenvalue weighted by Gasteiger charge is -2.15. The number of rotatable bonds is 5. The van der Waals surface area contributed by atoms with Crippen molar-refractivity contribution in [2.24, 2.45) is 10.9 Å². The van der Waals surface area contributed by atoms with Gasteiger partial charge < -0.3 is 15.8 Å². The molecule has 0 spiro atoms. The number of oxime groups is 1. The number of aromatic nitrogens is 1. The molecule has 0 aliphatic heterocycles. The summed E-state index contributed by atoms with van der Waals surface area (Å²) in [6.45, 7) is 1.52. The van der Waals surface area contributed by atoms with Crippen molar-refractivity contribution in [2.45, 2.75) is 13.0 Å². The van der Waals surface area contributed by atoms with Gasteiger partial charge in [-0.3, -0.25) is 4.98 Å². The molecule has 0 aromatic carbocycles. The number of pyridine rings is 1. The normalized spacial score (nSPS) is 12.1. The minimum atomic E-state index is 0.249. The van der Waals surface area contributed by atoms with Gasteiger partial charge in [0, 0.05) is 36.4 Å². The van der Waals surface area contributed by atoms with Crippen molar-refractivity contribution < 1.29 is 5.21 Å². The quantitative estimate of drug-likeness (QED) is 0.371. The fraction of sp³-hybridized carbons (Fsp3) is 0.400. The van der Waals surface area contributed by atoms with Crippen LogP contribution in [0.4, 0.5) is 0 Å². The van der Waals surface area contributed by atoms with Crippen molar-refractivity contribution in [3.05, 3.63) is 28.5 Å². The van der Waals surface area contributed by atoms with Crippen LogP contribution in [0.15, 0.2) is 28.1 Å². The maximum Gasteiger partial charge on any atom is 0.140 e. The maximum atomic E-state index is 8.40. The molecule has 0 saturated carbocycles. The van der Waals surface area contributed by atoms with Gasteiger partial charge in [0.1, 0.15) is 5.84 Å². The van der Waals surface area contributed by atoms with E-state index in [4.69, 9.17) is 10.9 Å². The highest BCUT2D eigenvalue weighted by Gasteiger charge is 2.02. The summed E-state index contributed by atoms with van der Waals surface area (Å²) in [4.78, 5) is 6.17. The van der Waals surface area contributed by atoms with Gasteiger partial charge in [-0.25, -0.2) is 0 Å². The second-order valence-corrected chi connectivity index (χ2v) is 4.51. The summed E-state index contributed by atoms with van der Waals surface area (Å²) in [5.74, 6) is 0.249. The van der Waals surface area contributed by atoms with E-state index >= 15 is 0 Å². The number of hydrogen-bond acceptors (Lipinski definition) is 4. The van der Waals surface area contributed by atoms with Crippen molar-refractivity contribution in [1.29, 1.82) is 0 Å². The van der Waals surface area contributed by atoms with Gasteiger partial charge in [-0.2, -0.15) is 0 Å². The topological polar surface area (TPSA) is 74.7 Å². The molecule has 5 nitrogen and oxygen atoms in total. The zero-order chi connectivity index (χ0) is 12.0. The van der Waals surface area contributed by atoms with Crippen molar-refractivity contribution in [2.75, 3.05) is 13.6 Å². The highest BCUT2D eigenvalue weighted by atomic mass is 79.9. The van der Waals surface area contributed by atoms with Crippen molar-refractivity contribution in [1.82, 2.24) is 9.88 Å². The molecule has 0 bridgehead atoms. The van der Waals surface area contributed by atoms with Crippen molar-refractivity contribution >= 4 is 21.8 Å². The number of halogens is 1. The van der Waals surface area contributed by atoms with E-state index in [1.165, 1.54) is 0 Å². The molecule has 0 saturated heterocycles. The molecule has 3 N–H and O–H groups in total. The predicted molar refractivity (Wildman–Crippen MR) is 66.3 cm³/mol. The fourth-order valence-electron chi connectivity index (χ4n) is 1.29. The Hall–Kier alpha value is -1.14. The van der Waals surface area contributed by atoms with Gasteiger partial charge in [-0.15, -0.1) is 0 Å². The largest absolute Gasteiger partial charge is 0.409 e. The lowest BCUT2D eigenvalue weighted by molar-refractivity contribution is 0.309. The van der Waals surface area contributed by atoms with E-state index in [1.807, 2.05) is 19.3 Å². The molecule has 0 unspecified atom stereocenters. The molecule has 0 fully saturated rings. The predicted octanol–water partition coefficient (Wildman–Crippen LogP) is 1.41. The second-order valence-electron chi connectivity index (χ2n) is 3.59. The molecule has 1 rings (SSSR count). The smallest absolute Gasteiger partial charge is 0.140 e. The van der Waals surface area contributed by atoms with E-state index in [1.54, 1.807) is 6.20 Å². The molecular weight excluding hydrogens is 272 g/mol. The summed E-state index contributed by atoms with van der Waals surface area (Å²) in [6.07, 6.45) is 4.12. The summed E-state index contributed by atoms with van der Waals surface area (Å²) in [6, 6.07) is 2.02. The average Bonchev–Trinajstić information content (AvgIpc) is 2.26. The maximum absolute atomic E-state index is 8.40. The Bertz CT molecular complexity index is 370. The molecule has 88 valence electrons. The Balaban J connectivity index is 2.42. The Morgan fingerprint density at radius 3 is 3.00 bits per heavy atom. The zero-order valence-corrected chi connectivity index (χ0v) is 10.7. The van der Waals surface area contributed by atoms with E-state index in [0.717, 1.165) is 23.1 Å². The molecule has 0 aliphatic carbocycles. The first-order chi connectivity index (χ1) is 7.61. The summed E-state index contributed by atoms with van der Waals surface area (Å²) in [7, 11) is 1.98. The molecule has 16 heavy (non-hydrogen) atoms. The third-order valence-electron chi connectivity index (χ3n) is 2.09. The van der Waals surface area contributed by atoms with Crippen LogP contribution in [0.3, 0.4) is 0 Å². The highest BCUT2D eigenvalue weighted by Crippen LogP contribution is 2.10. The Morgan fingerprint density at radius 2 is 2.38 bits per heavy atom. The van der Waals surface area contributed by atoms with Gasteiger partial charge in [0.25, 0.3) is 0 Å². The van der Waals surface area contributed by atoms with Gasteiger partial charge in [0.05, 0.1) is 0 Å². The van der Waals surface area contributed by atoms with Crippen LogP contribution in [-0.2, 0) is 6.54 Å². The Labute approximate surface area is 103 Å². The van der Waals surface area contributed by atoms with Crippen LogP contribution in [0, 0.1) is 0 Å². The molecule has 1 aromatic rings. The molecule has 0 atom stereocenters. The molecule has 0 radical (unpaired) electrons. The van der Waals surface area contributed by atoms with Gasteiger partial charge in [-0.05, 0) is 34.6 Å². The zero-order valence-electron chi connectivity index (χ0n) is 9.10. The molecule has 6 heteroatoms. The van der Waals surface area contributed by atoms with Crippen LogP contribution in [0.5, 0.6) is 0 Å². The van der Waals surface area contributed by atoms with Crippen LogP contribution in [0.1, 0.15) is 12.0 Å². The first-order valence-corrected chi connectivity index (χ1v) is 5.65. The molecule has 0 aliphatic rings. The third kappa shape index (κ3) is 4.59. The molecule has 1 aromatic heterocycles. The molecule has 1 heterocycles. The van der Waals surface area contributed by atoms with E-state index in [0.29, 0.717) is 6.42 Å². The van der Waals surface area contributed by atoms with E-state index in [2.05, 4.69) is 31.0 Å². The molecule has 0 amide bonds. The first-order valence-electron chi connectivity index (χ1n) is 4.86. The molecular formula is C10H15BrN4O. The van der Waals surface area contributed by atoms with Crippen molar-refractivity contribution in [3.63, 3.8) is 0 Å². The number of nitrogens with zero attached hydrogens (tertiary/aromatic N) is 3. The summed E-state index contributed by atoms with van der Waals surface area (Å²) < 4.78 is 0.967. The van der Waals surface area contributed by atoms with Crippen LogP contribution in [0.25, 0.3) is 0 Å². The van der Waals surface area contributed by atoms with Gasteiger partial charge >= 0.3 is 0 Å². The lowest BCUT2D eigenvalue weighted by Crippen LogP contribution is -2.24. The second kappa shape index (κ2) is 6.44. The lowest BCUT2D eigenvalue weighted by atomic mass is 10.2. The summed E-state index contributed by atoms with van der Waals surface area (Å²) >= 11 is 3.37. The van der Waals surface area contributed by atoms with Gasteiger partial charge in [0.2, 0.25) is 0 Å². The third-order valence-corrected chi connectivity index (χ3v) is 2.53. The van der Waals surface area contributed by atoms with Gasteiger partial charge in [-0.1, -0.05) is 5.16 Å². The van der Waals surface area contributed by atoms with Gasteiger partial charge in [0.15, 0.2) is 0 Å². The highest BCUT2D eigenvalue weighted by molar-refractivity contribution is 9.10. The number of hydrogen-bond donors (Lipinski definition) is 2. The van der Waals surface area contributed by atoms with E-state index in [9.17, 15) is 0 Å². The Kier molecular flexibility index (Phi) is 5.21.